The number of carbonyl (C=O) groups is 3. The number of esters is 2. The lowest BCUT2D eigenvalue weighted by Gasteiger charge is -2.19. The Morgan fingerprint density at radius 2 is 1.52 bits per heavy atom. The number of hydrogen-bond acceptors (Lipinski definition) is 11. The lowest BCUT2D eigenvalue weighted by molar-refractivity contribution is -0.161. The fraction of sp³-hybridized carbons (Fsp3) is 0.769. The maximum Gasteiger partial charge on any atom is 0.472 e. The van der Waals surface area contributed by atoms with Crippen LogP contribution in [0.25, 0.3) is 0 Å². The van der Waals surface area contributed by atoms with Gasteiger partial charge in [-0.05, 0) is 51.4 Å². The van der Waals surface area contributed by atoms with E-state index in [-0.39, 0.29) is 50.7 Å². The van der Waals surface area contributed by atoms with Gasteiger partial charge < -0.3 is 30.3 Å². The molecule has 0 radical (unpaired) electrons. The zero-order valence-corrected chi connectivity index (χ0v) is 32.6. The molecule has 1 saturated carbocycles. The number of Topliss-reactive ketones (excluding diaryl/α,β-unsaturated/α-hetero) is 1. The van der Waals surface area contributed by atoms with Crippen LogP contribution in [0.2, 0.25) is 0 Å². The third kappa shape index (κ3) is 24.2. The number of phosphoric acid groups is 1. The molecule has 0 saturated heterocycles. The lowest BCUT2D eigenvalue weighted by atomic mass is 9.90. The van der Waals surface area contributed by atoms with Crippen molar-refractivity contribution in [3.8, 4) is 0 Å². The number of aliphatic hydroxyl groups is 2. The Balaban J connectivity index is 2.48. The number of unbranched alkanes of at least 4 members (excludes halogenated alkanes) is 10. The highest BCUT2D eigenvalue weighted by atomic mass is 31.2. The molecule has 1 fully saturated rings. The fourth-order valence-electron chi connectivity index (χ4n) is 5.83. The van der Waals surface area contributed by atoms with Crippen LogP contribution in [0.15, 0.2) is 36.5 Å². The van der Waals surface area contributed by atoms with Crippen LogP contribution in [0, 0.1) is 11.8 Å². The van der Waals surface area contributed by atoms with Crippen molar-refractivity contribution in [2.45, 2.75) is 154 Å². The van der Waals surface area contributed by atoms with E-state index in [1.807, 2.05) is 12.2 Å². The van der Waals surface area contributed by atoms with Crippen molar-refractivity contribution in [1.29, 1.82) is 0 Å². The van der Waals surface area contributed by atoms with Gasteiger partial charge in [0.1, 0.15) is 12.4 Å². The molecule has 0 bridgehead atoms. The van der Waals surface area contributed by atoms with Gasteiger partial charge in [0.2, 0.25) is 0 Å². The van der Waals surface area contributed by atoms with E-state index in [1.54, 1.807) is 12.2 Å². The van der Waals surface area contributed by atoms with Crippen LogP contribution in [0.1, 0.15) is 136 Å². The highest BCUT2D eigenvalue weighted by Crippen LogP contribution is 2.43. The van der Waals surface area contributed by atoms with E-state index < -0.39 is 50.6 Å². The smallest absolute Gasteiger partial charge is 0.462 e. The summed E-state index contributed by atoms with van der Waals surface area (Å²) in [6.07, 6.45) is 24.1. The van der Waals surface area contributed by atoms with Crippen LogP contribution in [0.5, 0.6) is 0 Å². The predicted octanol–water partition coefficient (Wildman–Crippen LogP) is 7.19. The minimum atomic E-state index is -4.44. The van der Waals surface area contributed by atoms with E-state index in [9.17, 15) is 34.1 Å². The molecular weight excluding hydrogens is 689 g/mol. The second kappa shape index (κ2) is 30.2. The number of carbonyl (C=O) groups excluding carboxylic acids is 3. The molecule has 0 aromatic rings. The normalized spacial score (nSPS) is 20.2. The molecule has 0 spiro atoms. The number of allylic oxidation sites excluding steroid dienone is 5. The maximum absolute atomic E-state index is 12.5. The van der Waals surface area contributed by atoms with E-state index in [0.29, 0.717) is 32.1 Å². The Morgan fingerprint density at radius 1 is 0.865 bits per heavy atom. The zero-order chi connectivity index (χ0) is 38.5. The van der Waals surface area contributed by atoms with Crippen molar-refractivity contribution in [3.05, 3.63) is 36.5 Å². The van der Waals surface area contributed by atoms with Crippen LogP contribution in [-0.2, 0) is 37.5 Å². The molecule has 6 atom stereocenters. The van der Waals surface area contributed by atoms with Crippen molar-refractivity contribution in [3.63, 3.8) is 0 Å². The van der Waals surface area contributed by atoms with Gasteiger partial charge in [0.25, 0.3) is 0 Å². The summed E-state index contributed by atoms with van der Waals surface area (Å²) in [6.45, 7) is 3.24. The Hall–Kier alpha value is -2.18. The SMILES string of the molecule is CCCC/C=C\CCCCCCCC(=O)O[C@H](COC(=O)CCC/C=C\C[C@H]1[C@@H](O)CC(=O)[C@@H]1/C=C/[C@@H](O)CCCCC)COP(=O)(O)OCCN. The van der Waals surface area contributed by atoms with Gasteiger partial charge in [0.15, 0.2) is 6.10 Å². The Kier molecular flexibility index (Phi) is 27.8. The molecule has 0 aromatic heterocycles. The van der Waals surface area contributed by atoms with Gasteiger partial charge >= 0.3 is 19.8 Å². The van der Waals surface area contributed by atoms with E-state index >= 15 is 0 Å². The Bertz CT molecular complexity index is 1110. The summed E-state index contributed by atoms with van der Waals surface area (Å²) in [7, 11) is -4.44. The molecule has 5 N–H and O–H groups in total. The molecular formula is C39H68NO11P. The molecule has 13 heteroatoms. The summed E-state index contributed by atoms with van der Waals surface area (Å²) >= 11 is 0. The van der Waals surface area contributed by atoms with E-state index in [0.717, 1.165) is 57.8 Å². The first-order valence-electron chi connectivity index (χ1n) is 19.6. The first-order valence-corrected chi connectivity index (χ1v) is 21.1. The Morgan fingerprint density at radius 3 is 2.25 bits per heavy atom. The number of hydrogen-bond donors (Lipinski definition) is 4. The molecule has 0 aromatic carbocycles. The van der Waals surface area contributed by atoms with Crippen LogP contribution >= 0.6 is 7.82 Å². The average molecular weight is 758 g/mol. The molecule has 0 amide bonds. The third-order valence-electron chi connectivity index (χ3n) is 8.88. The van der Waals surface area contributed by atoms with E-state index in [4.69, 9.17) is 24.3 Å². The minimum Gasteiger partial charge on any atom is -0.462 e. The number of rotatable bonds is 32. The van der Waals surface area contributed by atoms with Crippen molar-refractivity contribution in [2.75, 3.05) is 26.4 Å². The summed E-state index contributed by atoms with van der Waals surface area (Å²) < 4.78 is 32.6. The fourth-order valence-corrected chi connectivity index (χ4v) is 6.60. The maximum atomic E-state index is 12.5. The first-order chi connectivity index (χ1) is 25.0. The van der Waals surface area contributed by atoms with E-state index in [2.05, 4.69) is 26.0 Å². The Labute approximate surface area is 312 Å². The average Bonchev–Trinajstić information content (AvgIpc) is 3.38. The monoisotopic (exact) mass is 757 g/mol. The van der Waals surface area contributed by atoms with Gasteiger partial charge in [0.05, 0.1) is 25.4 Å². The van der Waals surface area contributed by atoms with Crippen molar-refractivity contribution in [2.24, 2.45) is 17.6 Å². The molecule has 0 heterocycles. The lowest BCUT2D eigenvalue weighted by Crippen LogP contribution is -2.29. The first kappa shape index (κ1) is 47.8. The number of phosphoric ester groups is 1. The number of nitrogens with two attached hydrogens (primary N) is 1. The minimum absolute atomic E-state index is 0.0130. The van der Waals surface area contributed by atoms with Crippen LogP contribution < -0.4 is 5.73 Å². The molecule has 1 rings (SSSR count). The van der Waals surface area contributed by atoms with E-state index in [1.165, 1.54) is 12.8 Å². The second-order valence-corrected chi connectivity index (χ2v) is 15.0. The summed E-state index contributed by atoms with van der Waals surface area (Å²) in [5.41, 5.74) is 5.32. The van der Waals surface area contributed by atoms with Gasteiger partial charge in [-0.2, -0.15) is 0 Å². The molecule has 12 nitrogen and oxygen atoms in total. The van der Waals surface area contributed by atoms with Gasteiger partial charge in [-0.25, -0.2) is 4.57 Å². The predicted molar refractivity (Wildman–Crippen MR) is 202 cm³/mol. The molecule has 0 aliphatic heterocycles. The molecule has 52 heavy (non-hydrogen) atoms. The van der Waals surface area contributed by atoms with Crippen molar-refractivity contribution < 1.29 is 52.6 Å². The number of ketones is 1. The van der Waals surface area contributed by atoms with Crippen LogP contribution in [0.3, 0.4) is 0 Å². The highest BCUT2D eigenvalue weighted by molar-refractivity contribution is 7.47. The summed E-state index contributed by atoms with van der Waals surface area (Å²) in [4.78, 5) is 47.3. The third-order valence-corrected chi connectivity index (χ3v) is 9.86. The van der Waals surface area contributed by atoms with Crippen molar-refractivity contribution in [1.82, 2.24) is 0 Å². The number of aliphatic hydroxyl groups excluding tert-OH is 2. The largest absolute Gasteiger partial charge is 0.472 e. The standard InChI is InChI=1S/C39H68NO11P/c1-3-5-7-8-9-10-11-12-13-14-20-24-39(45)51-33(31-50-52(46,47)49-28-27-40)30-48-38(44)23-19-16-15-18-22-34-35(37(43)29-36(34)42)26-25-32(41)21-17-6-4-2/h8-9,15,18,25-26,32-36,41-42H,3-7,10-14,16-17,19-24,27-31,40H2,1-2H3,(H,46,47)/b9-8-,18-15-,26-25+/t32-,33+,34+,35+,36-/m0/s1. The van der Waals surface area contributed by atoms with Gasteiger partial charge in [-0.15, -0.1) is 0 Å². The topological polar surface area (TPSA) is 192 Å². The quantitative estimate of drug-likeness (QED) is 0.0234. The number of ether oxygens (including phenoxy) is 2. The molecule has 1 aliphatic rings. The van der Waals surface area contributed by atoms with Crippen molar-refractivity contribution >= 4 is 25.5 Å². The molecule has 1 aliphatic carbocycles. The summed E-state index contributed by atoms with van der Waals surface area (Å²) in [5.74, 6) is -1.78. The van der Waals surface area contributed by atoms with Crippen LogP contribution in [0.4, 0.5) is 0 Å². The summed E-state index contributed by atoms with van der Waals surface area (Å²) in [6, 6.07) is 0. The van der Waals surface area contributed by atoms with Gasteiger partial charge in [0, 0.05) is 37.6 Å². The summed E-state index contributed by atoms with van der Waals surface area (Å²) in [5, 5.41) is 20.6. The van der Waals surface area contributed by atoms with Gasteiger partial charge in [-0.3, -0.25) is 23.4 Å². The molecule has 300 valence electrons. The zero-order valence-electron chi connectivity index (χ0n) is 31.7. The molecule has 1 unspecified atom stereocenters. The van der Waals surface area contributed by atoms with Gasteiger partial charge in [-0.1, -0.05) is 102 Å². The van der Waals surface area contributed by atoms with Crippen LogP contribution in [-0.4, -0.2) is 77.5 Å². The second-order valence-electron chi connectivity index (χ2n) is 13.6. The highest BCUT2D eigenvalue weighted by Gasteiger charge is 2.39.